The van der Waals surface area contributed by atoms with Crippen molar-refractivity contribution in [3.63, 3.8) is 0 Å². The van der Waals surface area contributed by atoms with Crippen molar-refractivity contribution < 1.29 is 5.11 Å². The molecular formula is C14H21O. The van der Waals surface area contributed by atoms with E-state index in [9.17, 15) is 0 Å². The molecule has 1 nitrogen and oxygen atoms in total. The second-order valence-corrected chi connectivity index (χ2v) is 4.66. The first-order valence-corrected chi connectivity index (χ1v) is 5.59. The van der Waals surface area contributed by atoms with E-state index in [-0.39, 0.29) is 12.0 Å². The van der Waals surface area contributed by atoms with Gasteiger partial charge < -0.3 is 5.11 Å². The van der Waals surface area contributed by atoms with Crippen LogP contribution in [0.25, 0.3) is 0 Å². The van der Waals surface area contributed by atoms with Gasteiger partial charge in [0.1, 0.15) is 0 Å². The highest BCUT2D eigenvalue weighted by molar-refractivity contribution is 5.28. The Bertz CT molecular complexity index is 285. The molecule has 0 aliphatic carbocycles. The second kappa shape index (κ2) is 5.32. The average Bonchev–Trinajstić information content (AvgIpc) is 2.19. The van der Waals surface area contributed by atoms with Gasteiger partial charge in [-0.25, -0.2) is 0 Å². The molecule has 0 spiro atoms. The maximum absolute atomic E-state index is 8.99. The number of benzene rings is 1. The van der Waals surface area contributed by atoms with Crippen molar-refractivity contribution in [2.45, 2.75) is 38.5 Å². The largest absolute Gasteiger partial charge is 0.396 e. The monoisotopic (exact) mass is 205 g/mol. The molecule has 0 bridgehead atoms. The molecule has 0 heterocycles. The van der Waals surface area contributed by atoms with Crippen molar-refractivity contribution in [2.75, 3.05) is 6.61 Å². The van der Waals surface area contributed by atoms with Gasteiger partial charge in [0.15, 0.2) is 0 Å². The van der Waals surface area contributed by atoms with E-state index in [1.54, 1.807) is 0 Å². The summed E-state index contributed by atoms with van der Waals surface area (Å²) in [5.41, 5.74) is 2.70. The van der Waals surface area contributed by atoms with E-state index in [0.717, 1.165) is 19.3 Å². The van der Waals surface area contributed by atoms with Gasteiger partial charge in [0.05, 0.1) is 0 Å². The molecular weight excluding hydrogens is 184 g/mol. The van der Waals surface area contributed by atoms with Crippen molar-refractivity contribution >= 4 is 0 Å². The van der Waals surface area contributed by atoms with Crippen LogP contribution >= 0.6 is 0 Å². The summed E-state index contributed by atoms with van der Waals surface area (Å²) in [5.74, 6) is 0. The fourth-order valence-corrected chi connectivity index (χ4v) is 1.75. The molecule has 0 fully saturated rings. The van der Waals surface area contributed by atoms with Gasteiger partial charge >= 0.3 is 0 Å². The lowest BCUT2D eigenvalue weighted by molar-refractivity contribution is 0.252. The van der Waals surface area contributed by atoms with Gasteiger partial charge in [-0.15, -0.1) is 0 Å². The number of hydrogen-bond donors (Lipinski definition) is 1. The van der Waals surface area contributed by atoms with Crippen LogP contribution in [-0.4, -0.2) is 11.7 Å². The SMILES string of the molecule is [CH2]CCc1ccc(C(C)(C)CCO)cc1. The van der Waals surface area contributed by atoms with Crippen LogP contribution in [0.4, 0.5) is 0 Å². The maximum Gasteiger partial charge on any atom is 0.0439 e. The van der Waals surface area contributed by atoms with E-state index in [0.29, 0.717) is 0 Å². The van der Waals surface area contributed by atoms with Crippen LogP contribution in [-0.2, 0) is 11.8 Å². The van der Waals surface area contributed by atoms with E-state index in [2.05, 4.69) is 45.0 Å². The summed E-state index contributed by atoms with van der Waals surface area (Å²) in [6.45, 7) is 8.42. The molecule has 1 aromatic carbocycles. The van der Waals surface area contributed by atoms with E-state index in [1.165, 1.54) is 11.1 Å². The molecule has 15 heavy (non-hydrogen) atoms. The zero-order chi connectivity index (χ0) is 11.3. The molecule has 83 valence electrons. The Labute approximate surface area is 93.1 Å². The number of aryl methyl sites for hydroxylation is 1. The van der Waals surface area contributed by atoms with Gasteiger partial charge in [-0.1, -0.05) is 45.0 Å². The summed E-state index contributed by atoms with van der Waals surface area (Å²) in [7, 11) is 0. The van der Waals surface area contributed by atoms with Crippen LogP contribution < -0.4 is 0 Å². The molecule has 0 atom stereocenters. The van der Waals surface area contributed by atoms with Crippen LogP contribution in [0.1, 0.15) is 37.8 Å². The summed E-state index contributed by atoms with van der Waals surface area (Å²) in [6.07, 6.45) is 2.79. The Balaban J connectivity index is 2.78. The van der Waals surface area contributed by atoms with Crippen molar-refractivity contribution in [3.05, 3.63) is 42.3 Å². The van der Waals surface area contributed by atoms with Gasteiger partial charge in [-0.05, 0) is 35.8 Å². The van der Waals surface area contributed by atoms with Crippen molar-refractivity contribution in [3.8, 4) is 0 Å². The van der Waals surface area contributed by atoms with E-state index in [1.807, 2.05) is 0 Å². The standard InChI is InChI=1S/C14H21O/c1-4-5-12-6-8-13(9-7-12)14(2,3)10-11-15/h6-9,15H,1,4-5,10-11H2,2-3H3. The van der Waals surface area contributed by atoms with Crippen molar-refractivity contribution in [2.24, 2.45) is 0 Å². The lowest BCUT2D eigenvalue weighted by Crippen LogP contribution is -2.18. The molecule has 1 rings (SSSR count). The molecule has 1 heteroatoms. The minimum Gasteiger partial charge on any atom is -0.396 e. The molecule has 0 saturated heterocycles. The normalized spacial score (nSPS) is 11.7. The predicted molar refractivity (Wildman–Crippen MR) is 64.8 cm³/mol. The molecule has 0 amide bonds. The van der Waals surface area contributed by atoms with Gasteiger partial charge in [0, 0.05) is 6.61 Å². The second-order valence-electron chi connectivity index (χ2n) is 4.66. The van der Waals surface area contributed by atoms with E-state index >= 15 is 0 Å². The maximum atomic E-state index is 8.99. The topological polar surface area (TPSA) is 20.2 Å². The van der Waals surface area contributed by atoms with Gasteiger partial charge in [0.25, 0.3) is 0 Å². The first kappa shape index (κ1) is 12.3. The average molecular weight is 205 g/mol. The lowest BCUT2D eigenvalue weighted by atomic mass is 9.81. The predicted octanol–water partition coefficient (Wildman–Crippen LogP) is 3.11. The Kier molecular flexibility index (Phi) is 4.34. The van der Waals surface area contributed by atoms with E-state index < -0.39 is 0 Å². The molecule has 0 aromatic heterocycles. The zero-order valence-corrected chi connectivity index (χ0v) is 9.79. The molecule has 0 aliphatic heterocycles. The van der Waals surface area contributed by atoms with Gasteiger partial charge in [-0.3, -0.25) is 0 Å². The van der Waals surface area contributed by atoms with Gasteiger partial charge in [0.2, 0.25) is 0 Å². The quantitative estimate of drug-likeness (QED) is 0.783. The first-order chi connectivity index (χ1) is 7.10. The highest BCUT2D eigenvalue weighted by atomic mass is 16.3. The van der Waals surface area contributed by atoms with Crippen LogP contribution in [0.5, 0.6) is 0 Å². The minimum atomic E-state index is 0.0672. The third kappa shape index (κ3) is 3.35. The third-order valence-corrected chi connectivity index (χ3v) is 2.94. The number of rotatable bonds is 5. The molecule has 0 saturated carbocycles. The van der Waals surface area contributed by atoms with Crippen molar-refractivity contribution in [1.29, 1.82) is 0 Å². The fourth-order valence-electron chi connectivity index (χ4n) is 1.75. The van der Waals surface area contributed by atoms with Gasteiger partial charge in [-0.2, -0.15) is 0 Å². The zero-order valence-electron chi connectivity index (χ0n) is 9.79. The third-order valence-electron chi connectivity index (χ3n) is 2.94. The molecule has 1 radical (unpaired) electrons. The van der Waals surface area contributed by atoms with E-state index in [4.69, 9.17) is 5.11 Å². The summed E-state index contributed by atoms with van der Waals surface area (Å²) in [4.78, 5) is 0. The molecule has 0 unspecified atom stereocenters. The summed E-state index contributed by atoms with van der Waals surface area (Å²) in [6, 6.07) is 8.67. The van der Waals surface area contributed by atoms with Crippen LogP contribution in [0.2, 0.25) is 0 Å². The number of hydrogen-bond acceptors (Lipinski definition) is 1. The highest BCUT2D eigenvalue weighted by Gasteiger charge is 2.19. The summed E-state index contributed by atoms with van der Waals surface area (Å²) in [5, 5.41) is 8.99. The van der Waals surface area contributed by atoms with Crippen LogP contribution in [0.3, 0.4) is 0 Å². The highest BCUT2D eigenvalue weighted by Crippen LogP contribution is 2.26. The first-order valence-electron chi connectivity index (χ1n) is 5.59. The smallest absolute Gasteiger partial charge is 0.0439 e. The Morgan fingerprint density at radius 2 is 1.80 bits per heavy atom. The minimum absolute atomic E-state index is 0.0672. The Morgan fingerprint density at radius 3 is 2.27 bits per heavy atom. The fraction of sp³-hybridized carbons (Fsp3) is 0.500. The Hall–Kier alpha value is -0.820. The molecule has 1 aromatic rings. The number of aliphatic hydroxyl groups excluding tert-OH is 1. The Morgan fingerprint density at radius 1 is 1.20 bits per heavy atom. The van der Waals surface area contributed by atoms with Crippen LogP contribution in [0, 0.1) is 6.92 Å². The van der Waals surface area contributed by atoms with Crippen LogP contribution in [0.15, 0.2) is 24.3 Å². The summed E-state index contributed by atoms with van der Waals surface area (Å²) >= 11 is 0. The lowest BCUT2D eigenvalue weighted by Gasteiger charge is -2.24. The molecule has 0 aliphatic rings. The summed E-state index contributed by atoms with van der Waals surface area (Å²) < 4.78 is 0. The number of aliphatic hydroxyl groups is 1. The van der Waals surface area contributed by atoms with Crippen molar-refractivity contribution in [1.82, 2.24) is 0 Å². The molecule has 1 N–H and O–H groups in total.